The van der Waals surface area contributed by atoms with Gasteiger partial charge in [0, 0.05) is 18.5 Å². The van der Waals surface area contributed by atoms with Crippen LogP contribution >= 0.6 is 0 Å². The molecule has 0 bridgehead atoms. The molecule has 126 valence electrons. The predicted molar refractivity (Wildman–Crippen MR) is 84.8 cm³/mol. The molecule has 0 spiro atoms. The van der Waals surface area contributed by atoms with E-state index in [1.54, 1.807) is 14.2 Å². The first-order valence-corrected chi connectivity index (χ1v) is 7.76. The average molecular weight is 321 g/mol. The molecule has 6 heteroatoms. The summed E-state index contributed by atoms with van der Waals surface area (Å²) < 4.78 is 10.5. The summed E-state index contributed by atoms with van der Waals surface area (Å²) in [5.41, 5.74) is 1.04. The van der Waals surface area contributed by atoms with Gasteiger partial charge in [-0.3, -0.25) is 9.59 Å². The van der Waals surface area contributed by atoms with Crippen molar-refractivity contribution in [2.45, 2.75) is 38.1 Å². The molecule has 1 fully saturated rings. The zero-order chi connectivity index (χ0) is 16.8. The number of aliphatic carboxylic acids is 1. The van der Waals surface area contributed by atoms with Gasteiger partial charge in [-0.2, -0.15) is 0 Å². The van der Waals surface area contributed by atoms with E-state index in [-0.39, 0.29) is 17.9 Å². The SMILES string of the molecule is COc1ccc(CCCC(=O)NC2CC(C(=O)O)C2)c(OC)c1. The lowest BCUT2D eigenvalue weighted by Gasteiger charge is -2.32. The molecule has 2 N–H and O–H groups in total. The molecule has 1 aliphatic carbocycles. The van der Waals surface area contributed by atoms with Crippen molar-refractivity contribution in [2.75, 3.05) is 14.2 Å². The maximum Gasteiger partial charge on any atom is 0.306 e. The summed E-state index contributed by atoms with van der Waals surface area (Å²) in [5.74, 6) is 0.395. The van der Waals surface area contributed by atoms with Crippen LogP contribution in [0.25, 0.3) is 0 Å². The highest BCUT2D eigenvalue weighted by molar-refractivity contribution is 5.77. The number of carboxylic acids is 1. The number of nitrogens with one attached hydrogen (secondary N) is 1. The van der Waals surface area contributed by atoms with Crippen LogP contribution in [0, 0.1) is 5.92 Å². The zero-order valence-electron chi connectivity index (χ0n) is 13.5. The van der Waals surface area contributed by atoms with Crippen molar-refractivity contribution in [1.29, 1.82) is 0 Å². The molecule has 1 amide bonds. The molecule has 0 saturated heterocycles. The second-order valence-corrected chi connectivity index (χ2v) is 5.80. The largest absolute Gasteiger partial charge is 0.497 e. The summed E-state index contributed by atoms with van der Waals surface area (Å²) >= 11 is 0. The molecule has 6 nitrogen and oxygen atoms in total. The van der Waals surface area contributed by atoms with Crippen molar-refractivity contribution in [3.8, 4) is 11.5 Å². The standard InChI is InChI=1S/C17H23NO5/c1-22-14-7-6-11(15(10-14)23-2)4-3-5-16(19)18-13-8-12(9-13)17(20)21/h6-7,10,12-13H,3-5,8-9H2,1-2H3,(H,18,19)(H,20,21). The van der Waals surface area contributed by atoms with Gasteiger partial charge in [-0.05, 0) is 37.3 Å². The predicted octanol–water partition coefficient (Wildman–Crippen LogP) is 2.01. The lowest BCUT2D eigenvalue weighted by atomic mass is 9.80. The summed E-state index contributed by atoms with van der Waals surface area (Å²) in [7, 11) is 3.22. The summed E-state index contributed by atoms with van der Waals surface area (Å²) in [6.07, 6.45) is 2.94. The number of benzene rings is 1. The first kappa shape index (κ1) is 17.1. The third kappa shape index (κ3) is 4.61. The lowest BCUT2D eigenvalue weighted by Crippen LogP contribution is -2.46. The number of ether oxygens (including phenoxy) is 2. The molecule has 0 heterocycles. The maximum absolute atomic E-state index is 11.9. The van der Waals surface area contributed by atoms with E-state index in [1.807, 2.05) is 18.2 Å². The summed E-state index contributed by atoms with van der Waals surface area (Å²) in [4.78, 5) is 22.6. The fourth-order valence-electron chi connectivity index (χ4n) is 2.73. The molecular weight excluding hydrogens is 298 g/mol. The second kappa shape index (κ2) is 7.85. The van der Waals surface area contributed by atoms with Crippen LogP contribution in [0.2, 0.25) is 0 Å². The number of amides is 1. The Kier molecular flexibility index (Phi) is 5.84. The Bertz CT molecular complexity index is 566. The van der Waals surface area contributed by atoms with E-state index >= 15 is 0 Å². The van der Waals surface area contributed by atoms with Gasteiger partial charge in [0.05, 0.1) is 20.1 Å². The number of carbonyl (C=O) groups excluding carboxylic acids is 1. The minimum atomic E-state index is -0.776. The minimum absolute atomic E-state index is 0.0131. The molecule has 1 saturated carbocycles. The number of aryl methyl sites for hydroxylation is 1. The fraction of sp³-hybridized carbons (Fsp3) is 0.529. The first-order valence-electron chi connectivity index (χ1n) is 7.76. The number of methoxy groups -OCH3 is 2. The molecule has 1 aliphatic rings. The van der Waals surface area contributed by atoms with Crippen LogP contribution < -0.4 is 14.8 Å². The van der Waals surface area contributed by atoms with E-state index in [0.717, 1.165) is 23.5 Å². The first-order chi connectivity index (χ1) is 11.0. The highest BCUT2D eigenvalue weighted by atomic mass is 16.5. The van der Waals surface area contributed by atoms with E-state index in [9.17, 15) is 9.59 Å². The van der Waals surface area contributed by atoms with Crippen molar-refractivity contribution in [1.82, 2.24) is 5.32 Å². The molecule has 1 aromatic rings. The molecule has 0 aromatic heterocycles. The Labute approximate surface area is 135 Å². The summed E-state index contributed by atoms with van der Waals surface area (Å²) in [5, 5.41) is 11.7. The molecule has 0 unspecified atom stereocenters. The maximum atomic E-state index is 11.9. The molecule has 0 aliphatic heterocycles. The van der Waals surface area contributed by atoms with Crippen molar-refractivity contribution < 1.29 is 24.2 Å². The number of hydrogen-bond acceptors (Lipinski definition) is 4. The lowest BCUT2D eigenvalue weighted by molar-refractivity contribution is -0.146. The monoisotopic (exact) mass is 321 g/mol. The van der Waals surface area contributed by atoms with Gasteiger partial charge in [-0.1, -0.05) is 6.07 Å². The van der Waals surface area contributed by atoms with Gasteiger partial charge in [0.1, 0.15) is 11.5 Å². The zero-order valence-corrected chi connectivity index (χ0v) is 13.5. The van der Waals surface area contributed by atoms with Crippen LogP contribution in [0.3, 0.4) is 0 Å². The Balaban J connectivity index is 1.72. The topological polar surface area (TPSA) is 84.9 Å². The minimum Gasteiger partial charge on any atom is -0.497 e. The van der Waals surface area contributed by atoms with E-state index < -0.39 is 5.97 Å². The van der Waals surface area contributed by atoms with Crippen LogP contribution in [-0.2, 0) is 16.0 Å². The second-order valence-electron chi connectivity index (χ2n) is 5.80. The number of hydrogen-bond donors (Lipinski definition) is 2. The van der Waals surface area contributed by atoms with E-state index in [0.29, 0.717) is 25.7 Å². The Morgan fingerprint density at radius 2 is 2.00 bits per heavy atom. The van der Waals surface area contributed by atoms with Gasteiger partial charge in [0.2, 0.25) is 5.91 Å². The van der Waals surface area contributed by atoms with Gasteiger partial charge < -0.3 is 19.9 Å². The van der Waals surface area contributed by atoms with Crippen molar-refractivity contribution in [3.63, 3.8) is 0 Å². The smallest absolute Gasteiger partial charge is 0.306 e. The molecular formula is C17H23NO5. The van der Waals surface area contributed by atoms with Crippen molar-refractivity contribution in [2.24, 2.45) is 5.92 Å². The van der Waals surface area contributed by atoms with E-state index in [1.165, 1.54) is 0 Å². The molecule has 23 heavy (non-hydrogen) atoms. The molecule has 1 aromatic carbocycles. The highest BCUT2D eigenvalue weighted by Crippen LogP contribution is 2.28. The van der Waals surface area contributed by atoms with Crippen LogP contribution in [0.1, 0.15) is 31.2 Å². The quantitative estimate of drug-likeness (QED) is 0.765. The number of carbonyl (C=O) groups is 2. The summed E-state index contributed by atoms with van der Waals surface area (Å²) in [6.45, 7) is 0. The molecule has 0 radical (unpaired) electrons. The van der Waals surface area contributed by atoms with E-state index in [2.05, 4.69) is 5.32 Å². The van der Waals surface area contributed by atoms with E-state index in [4.69, 9.17) is 14.6 Å². The Hall–Kier alpha value is -2.24. The Morgan fingerprint density at radius 1 is 1.26 bits per heavy atom. The van der Waals surface area contributed by atoms with Crippen molar-refractivity contribution in [3.05, 3.63) is 23.8 Å². The van der Waals surface area contributed by atoms with Gasteiger partial charge in [-0.25, -0.2) is 0 Å². The molecule has 0 atom stereocenters. The van der Waals surface area contributed by atoms with Crippen LogP contribution in [0.15, 0.2) is 18.2 Å². The third-order valence-corrected chi connectivity index (χ3v) is 4.20. The highest BCUT2D eigenvalue weighted by Gasteiger charge is 2.35. The van der Waals surface area contributed by atoms with Crippen LogP contribution in [-0.4, -0.2) is 37.2 Å². The van der Waals surface area contributed by atoms with Gasteiger partial charge in [0.25, 0.3) is 0 Å². The van der Waals surface area contributed by atoms with Gasteiger partial charge in [-0.15, -0.1) is 0 Å². The average Bonchev–Trinajstić information content (AvgIpc) is 2.50. The normalized spacial score (nSPS) is 19.6. The van der Waals surface area contributed by atoms with Crippen LogP contribution in [0.4, 0.5) is 0 Å². The fourth-order valence-corrected chi connectivity index (χ4v) is 2.73. The third-order valence-electron chi connectivity index (χ3n) is 4.20. The summed E-state index contributed by atoms with van der Waals surface area (Å²) in [6, 6.07) is 5.66. The Morgan fingerprint density at radius 3 is 2.61 bits per heavy atom. The van der Waals surface area contributed by atoms with Gasteiger partial charge in [0.15, 0.2) is 0 Å². The number of carboxylic acid groups (broad SMARTS) is 1. The molecule has 2 rings (SSSR count). The van der Waals surface area contributed by atoms with Crippen molar-refractivity contribution >= 4 is 11.9 Å². The van der Waals surface area contributed by atoms with Gasteiger partial charge >= 0.3 is 5.97 Å². The number of rotatable bonds is 8. The van der Waals surface area contributed by atoms with Crippen LogP contribution in [0.5, 0.6) is 11.5 Å².